The van der Waals surface area contributed by atoms with Gasteiger partial charge in [-0.25, -0.2) is 0 Å². The normalized spacial score (nSPS) is 15.9. The maximum Gasteiger partial charge on any atom is 0.310 e. The number of hydrogen-bond donors (Lipinski definition) is 5. The van der Waals surface area contributed by atoms with Gasteiger partial charge in [-0.2, -0.15) is 0 Å². The van der Waals surface area contributed by atoms with E-state index >= 15 is 0 Å². The first-order valence-electron chi connectivity index (χ1n) is 15.2. The Balaban J connectivity index is 5.12. The minimum Gasteiger partial charge on any atom is -0.481 e. The molecular weight excluding hydrogens is 456 g/mol. The van der Waals surface area contributed by atoms with E-state index in [4.69, 9.17) is 0 Å². The average molecular weight is 517 g/mol. The van der Waals surface area contributed by atoms with Gasteiger partial charge in [-0.3, -0.25) is 4.79 Å². The summed E-state index contributed by atoms with van der Waals surface area (Å²) in [7, 11) is 0. The van der Waals surface area contributed by atoms with E-state index in [1.165, 1.54) is 64.2 Å². The van der Waals surface area contributed by atoms with Crippen molar-refractivity contribution >= 4 is 5.97 Å². The Labute approximate surface area is 221 Å². The zero-order chi connectivity index (χ0) is 27.1. The number of carboxylic acids is 1. The monoisotopic (exact) mass is 516 g/mol. The summed E-state index contributed by atoms with van der Waals surface area (Å²) in [5.41, 5.74) is -1.21. The van der Waals surface area contributed by atoms with Crippen molar-refractivity contribution in [1.29, 1.82) is 0 Å². The first-order valence-corrected chi connectivity index (χ1v) is 15.2. The van der Waals surface area contributed by atoms with Crippen molar-refractivity contribution in [2.75, 3.05) is 13.2 Å². The Hall–Kier alpha value is -0.690. The molecule has 6 nitrogen and oxygen atoms in total. The van der Waals surface area contributed by atoms with Crippen LogP contribution in [0.15, 0.2) is 0 Å². The number of aliphatic hydroxyl groups is 4. The van der Waals surface area contributed by atoms with Gasteiger partial charge in [0, 0.05) is 0 Å². The first-order chi connectivity index (χ1) is 17.4. The molecule has 0 rings (SSSR count). The largest absolute Gasteiger partial charge is 0.481 e. The lowest BCUT2D eigenvalue weighted by molar-refractivity contribution is -0.158. The van der Waals surface area contributed by atoms with Crippen molar-refractivity contribution < 1.29 is 30.3 Å². The number of aliphatic hydroxyl groups excluding tert-OH is 4. The van der Waals surface area contributed by atoms with Gasteiger partial charge in [0.1, 0.15) is 0 Å². The third-order valence-electron chi connectivity index (χ3n) is 7.92. The molecule has 216 valence electrons. The second-order valence-electron chi connectivity index (χ2n) is 11.1. The molecule has 0 aliphatic carbocycles. The quantitative estimate of drug-likeness (QED) is 0.0784. The molecule has 0 aromatic rings. The van der Waals surface area contributed by atoms with Crippen molar-refractivity contribution in [2.24, 2.45) is 11.3 Å². The Morgan fingerprint density at radius 1 is 0.639 bits per heavy atom. The average Bonchev–Trinajstić information content (AvgIpc) is 2.87. The van der Waals surface area contributed by atoms with Crippen LogP contribution in [0.1, 0.15) is 149 Å². The molecule has 5 N–H and O–H groups in total. The summed E-state index contributed by atoms with van der Waals surface area (Å²) in [6.07, 6.45) is 18.6. The van der Waals surface area contributed by atoms with Crippen LogP contribution in [0.25, 0.3) is 0 Å². The van der Waals surface area contributed by atoms with Crippen LogP contribution in [0.4, 0.5) is 0 Å². The highest BCUT2D eigenvalue weighted by Gasteiger charge is 2.46. The van der Waals surface area contributed by atoms with Crippen LogP contribution in [0.3, 0.4) is 0 Å². The Bertz CT molecular complexity index is 500. The third kappa shape index (κ3) is 16.2. The van der Waals surface area contributed by atoms with Crippen LogP contribution in [-0.2, 0) is 4.79 Å². The summed E-state index contributed by atoms with van der Waals surface area (Å²) in [5, 5.41) is 50.0. The fraction of sp³-hybridized carbons (Fsp3) is 0.967. The maximum atomic E-state index is 12.7. The number of aliphatic carboxylic acids is 1. The minimum atomic E-state index is -1.21. The van der Waals surface area contributed by atoms with Gasteiger partial charge in [-0.05, 0) is 31.6 Å². The van der Waals surface area contributed by atoms with E-state index in [9.17, 15) is 30.3 Å². The zero-order valence-electron chi connectivity index (χ0n) is 23.6. The van der Waals surface area contributed by atoms with E-state index in [1.807, 2.05) is 0 Å². The molecule has 0 aliphatic heterocycles. The van der Waals surface area contributed by atoms with E-state index in [0.717, 1.165) is 44.9 Å². The number of carbonyl (C=O) groups is 1. The molecule has 0 fully saturated rings. The van der Waals surface area contributed by atoms with Gasteiger partial charge in [0.15, 0.2) is 0 Å². The molecule has 0 amide bonds. The SMILES string of the molecule is CCCCCCCCCCCC(CC(O)CO)C(CCCCCCCCCC)(CC(O)CO)C(=O)O. The molecule has 4 atom stereocenters. The molecule has 0 aromatic carbocycles. The topological polar surface area (TPSA) is 118 Å². The second kappa shape index (κ2) is 23.4. The van der Waals surface area contributed by atoms with Crippen molar-refractivity contribution in [3.63, 3.8) is 0 Å². The third-order valence-corrected chi connectivity index (χ3v) is 7.92. The lowest BCUT2D eigenvalue weighted by Crippen LogP contribution is -2.44. The summed E-state index contributed by atoms with van der Waals surface area (Å²) < 4.78 is 0. The smallest absolute Gasteiger partial charge is 0.310 e. The number of hydrogen-bond acceptors (Lipinski definition) is 5. The fourth-order valence-electron chi connectivity index (χ4n) is 5.63. The zero-order valence-corrected chi connectivity index (χ0v) is 23.6. The summed E-state index contributed by atoms with van der Waals surface area (Å²) >= 11 is 0. The predicted molar refractivity (Wildman–Crippen MR) is 148 cm³/mol. The summed E-state index contributed by atoms with van der Waals surface area (Å²) in [4.78, 5) is 12.7. The van der Waals surface area contributed by atoms with Crippen molar-refractivity contribution in [2.45, 2.75) is 161 Å². The summed E-state index contributed by atoms with van der Waals surface area (Å²) in [5.74, 6) is -1.31. The summed E-state index contributed by atoms with van der Waals surface area (Å²) in [6, 6.07) is 0. The number of unbranched alkanes of at least 4 members (excludes halogenated alkanes) is 15. The summed E-state index contributed by atoms with van der Waals surface area (Å²) in [6.45, 7) is 3.55. The van der Waals surface area contributed by atoms with Crippen LogP contribution in [0.2, 0.25) is 0 Å². The fourth-order valence-corrected chi connectivity index (χ4v) is 5.63. The number of carboxylic acid groups (broad SMARTS) is 1. The molecule has 0 saturated heterocycles. The van der Waals surface area contributed by atoms with Crippen LogP contribution in [0, 0.1) is 11.3 Å². The molecule has 6 heteroatoms. The highest BCUT2D eigenvalue weighted by Crippen LogP contribution is 2.44. The van der Waals surface area contributed by atoms with Gasteiger partial charge < -0.3 is 25.5 Å². The maximum absolute atomic E-state index is 12.7. The lowest BCUT2D eigenvalue weighted by atomic mass is 9.64. The second-order valence-corrected chi connectivity index (χ2v) is 11.1. The van der Waals surface area contributed by atoms with E-state index in [2.05, 4.69) is 13.8 Å². The predicted octanol–water partition coefficient (Wildman–Crippen LogP) is 6.61. The van der Waals surface area contributed by atoms with Crippen molar-refractivity contribution in [3.05, 3.63) is 0 Å². The Morgan fingerprint density at radius 2 is 1.06 bits per heavy atom. The molecule has 0 saturated carbocycles. The van der Waals surface area contributed by atoms with Crippen LogP contribution in [0.5, 0.6) is 0 Å². The molecule has 36 heavy (non-hydrogen) atoms. The first kappa shape index (κ1) is 35.3. The van der Waals surface area contributed by atoms with Crippen molar-refractivity contribution in [1.82, 2.24) is 0 Å². The van der Waals surface area contributed by atoms with E-state index in [-0.39, 0.29) is 18.8 Å². The molecule has 0 bridgehead atoms. The van der Waals surface area contributed by atoms with Crippen molar-refractivity contribution in [3.8, 4) is 0 Å². The van der Waals surface area contributed by atoms with Crippen LogP contribution >= 0.6 is 0 Å². The molecule has 0 aliphatic rings. The standard InChI is InChI=1S/C30H60O6/c1-3-5-7-9-11-13-14-16-18-20-26(22-27(33)24-31)30(29(35)36,23-28(34)25-32)21-19-17-15-12-10-8-6-4-2/h26-28,31-34H,3-25H2,1-2H3,(H,35,36). The van der Waals surface area contributed by atoms with E-state index < -0.39 is 36.8 Å². The highest BCUT2D eigenvalue weighted by atomic mass is 16.4. The molecule has 0 heterocycles. The lowest BCUT2D eigenvalue weighted by Gasteiger charge is -2.40. The van der Waals surface area contributed by atoms with Gasteiger partial charge in [0.2, 0.25) is 0 Å². The van der Waals surface area contributed by atoms with Gasteiger partial charge in [-0.1, -0.05) is 123 Å². The van der Waals surface area contributed by atoms with Gasteiger partial charge in [-0.15, -0.1) is 0 Å². The Morgan fingerprint density at radius 3 is 1.47 bits per heavy atom. The Kier molecular flexibility index (Phi) is 23.0. The molecule has 0 radical (unpaired) electrons. The molecule has 4 unspecified atom stereocenters. The number of rotatable bonds is 27. The van der Waals surface area contributed by atoms with Crippen LogP contribution in [-0.4, -0.2) is 56.9 Å². The van der Waals surface area contributed by atoms with E-state index in [0.29, 0.717) is 12.8 Å². The van der Waals surface area contributed by atoms with Crippen LogP contribution < -0.4 is 0 Å². The highest BCUT2D eigenvalue weighted by molar-refractivity contribution is 5.75. The van der Waals surface area contributed by atoms with E-state index in [1.54, 1.807) is 0 Å². The van der Waals surface area contributed by atoms with Gasteiger partial charge >= 0.3 is 5.97 Å². The minimum absolute atomic E-state index is 0.0183. The van der Waals surface area contributed by atoms with Gasteiger partial charge in [0.05, 0.1) is 30.8 Å². The van der Waals surface area contributed by atoms with Gasteiger partial charge in [0.25, 0.3) is 0 Å². The molecule has 0 aromatic heterocycles. The molecule has 0 spiro atoms. The molecular formula is C30H60O6.